The van der Waals surface area contributed by atoms with Crippen LogP contribution in [-0.4, -0.2) is 23.4 Å². The fraction of sp³-hybridized carbons (Fsp3) is 0.333. The van der Waals surface area contributed by atoms with Crippen LogP contribution in [0.25, 0.3) is 0 Å². The van der Waals surface area contributed by atoms with Crippen molar-refractivity contribution in [1.29, 1.82) is 5.41 Å². The number of nitrogens with one attached hydrogen (secondary N) is 1. The van der Waals surface area contributed by atoms with Gasteiger partial charge < -0.3 is 4.74 Å². The minimum absolute atomic E-state index is 0.0327. The molecule has 1 N–H and O–H groups in total. The van der Waals surface area contributed by atoms with Crippen molar-refractivity contribution < 1.29 is 22.7 Å². The SMILES string of the molecule is CCOc1ccc(C(F)(F)F)c(N2C(=N)SCC2=O)c1. The average molecular weight is 304 g/mol. The van der Waals surface area contributed by atoms with E-state index in [1.165, 1.54) is 6.07 Å². The van der Waals surface area contributed by atoms with E-state index in [1.54, 1.807) is 6.92 Å². The quantitative estimate of drug-likeness (QED) is 0.933. The van der Waals surface area contributed by atoms with E-state index in [4.69, 9.17) is 10.1 Å². The summed E-state index contributed by atoms with van der Waals surface area (Å²) in [6.45, 7) is 2.00. The van der Waals surface area contributed by atoms with Gasteiger partial charge in [0.2, 0.25) is 5.91 Å². The second kappa shape index (κ2) is 5.35. The Morgan fingerprint density at radius 3 is 2.65 bits per heavy atom. The topological polar surface area (TPSA) is 53.4 Å². The van der Waals surface area contributed by atoms with Crippen LogP contribution < -0.4 is 9.64 Å². The Kier molecular flexibility index (Phi) is 3.94. The molecule has 1 fully saturated rings. The Morgan fingerprint density at radius 2 is 2.15 bits per heavy atom. The van der Waals surface area contributed by atoms with Crippen LogP contribution in [0.2, 0.25) is 0 Å². The number of benzene rings is 1. The molecule has 1 amide bonds. The number of thioether (sulfide) groups is 1. The highest BCUT2D eigenvalue weighted by Gasteiger charge is 2.39. The number of halogens is 3. The molecular weight excluding hydrogens is 293 g/mol. The zero-order valence-corrected chi connectivity index (χ0v) is 11.3. The van der Waals surface area contributed by atoms with Crippen LogP contribution in [0.3, 0.4) is 0 Å². The molecule has 0 bridgehead atoms. The maximum Gasteiger partial charge on any atom is 0.418 e. The number of anilines is 1. The number of amides is 1. The van der Waals surface area contributed by atoms with Crippen LogP contribution in [0, 0.1) is 5.41 Å². The van der Waals surface area contributed by atoms with E-state index >= 15 is 0 Å². The molecule has 1 aliphatic rings. The van der Waals surface area contributed by atoms with Crippen molar-refractivity contribution in [3.63, 3.8) is 0 Å². The first-order valence-electron chi connectivity index (χ1n) is 5.73. The number of carbonyl (C=O) groups is 1. The first-order chi connectivity index (χ1) is 9.34. The molecule has 2 rings (SSSR count). The maximum atomic E-state index is 13.0. The summed E-state index contributed by atoms with van der Waals surface area (Å²) >= 11 is 0.898. The van der Waals surface area contributed by atoms with Crippen molar-refractivity contribution in [3.8, 4) is 5.75 Å². The van der Waals surface area contributed by atoms with Crippen molar-refractivity contribution in [1.82, 2.24) is 0 Å². The molecule has 0 aliphatic carbocycles. The fourth-order valence-electron chi connectivity index (χ4n) is 1.81. The molecular formula is C12H11F3N2O2S. The normalized spacial score (nSPS) is 15.9. The highest BCUT2D eigenvalue weighted by Crippen LogP contribution is 2.40. The van der Waals surface area contributed by atoms with Crippen LogP contribution in [0.5, 0.6) is 5.75 Å². The first kappa shape index (κ1) is 14.7. The number of alkyl halides is 3. The van der Waals surface area contributed by atoms with Gasteiger partial charge in [0.25, 0.3) is 0 Å². The number of carbonyl (C=O) groups excluding carboxylic acids is 1. The van der Waals surface area contributed by atoms with Gasteiger partial charge in [-0.05, 0) is 19.1 Å². The Bertz CT molecular complexity index is 544. The second-order valence-electron chi connectivity index (χ2n) is 3.93. The van der Waals surface area contributed by atoms with Gasteiger partial charge in [-0.2, -0.15) is 13.2 Å². The summed E-state index contributed by atoms with van der Waals surface area (Å²) < 4.78 is 44.2. The van der Waals surface area contributed by atoms with Crippen LogP contribution in [-0.2, 0) is 11.0 Å². The molecule has 4 nitrogen and oxygen atoms in total. The largest absolute Gasteiger partial charge is 0.494 e. The van der Waals surface area contributed by atoms with Crippen LogP contribution in [0.4, 0.5) is 18.9 Å². The molecule has 20 heavy (non-hydrogen) atoms. The summed E-state index contributed by atoms with van der Waals surface area (Å²) in [6.07, 6.45) is -4.60. The predicted octanol–water partition coefficient (Wildman–Crippen LogP) is 3.12. The summed E-state index contributed by atoms with van der Waals surface area (Å²) in [5.41, 5.74) is -1.31. The van der Waals surface area contributed by atoms with E-state index in [0.29, 0.717) is 6.61 Å². The molecule has 8 heteroatoms. The van der Waals surface area contributed by atoms with E-state index in [2.05, 4.69) is 0 Å². The summed E-state index contributed by atoms with van der Waals surface area (Å²) in [7, 11) is 0. The van der Waals surface area contributed by atoms with Crippen molar-refractivity contribution in [2.24, 2.45) is 0 Å². The molecule has 1 heterocycles. The fourth-order valence-corrected chi connectivity index (χ4v) is 2.53. The standard InChI is InChI=1S/C12H11F3N2O2S/c1-2-19-7-3-4-8(12(13,14)15)9(5-7)17-10(18)6-20-11(17)16/h3-5,16H,2,6H2,1H3. The van der Waals surface area contributed by atoms with Crippen LogP contribution in [0.1, 0.15) is 12.5 Å². The molecule has 0 spiro atoms. The average Bonchev–Trinajstić information content (AvgIpc) is 2.68. The molecule has 0 aromatic heterocycles. The second-order valence-corrected chi connectivity index (χ2v) is 4.90. The van der Waals surface area contributed by atoms with Gasteiger partial charge in [-0.1, -0.05) is 11.8 Å². The van der Waals surface area contributed by atoms with Gasteiger partial charge >= 0.3 is 6.18 Å². The van der Waals surface area contributed by atoms with Gasteiger partial charge in [0.15, 0.2) is 5.17 Å². The van der Waals surface area contributed by atoms with Crippen LogP contribution >= 0.6 is 11.8 Å². The zero-order chi connectivity index (χ0) is 14.9. The van der Waals surface area contributed by atoms with Gasteiger partial charge in [-0.3, -0.25) is 15.1 Å². The Balaban J connectivity index is 2.54. The van der Waals surface area contributed by atoms with Gasteiger partial charge in [0.1, 0.15) is 5.75 Å². The van der Waals surface area contributed by atoms with E-state index in [0.717, 1.165) is 28.8 Å². The number of ether oxygens (including phenoxy) is 1. The lowest BCUT2D eigenvalue weighted by molar-refractivity contribution is -0.137. The molecule has 1 saturated heterocycles. The number of rotatable bonds is 3. The monoisotopic (exact) mass is 304 g/mol. The van der Waals surface area contributed by atoms with Gasteiger partial charge in [0, 0.05) is 6.07 Å². The number of amidine groups is 1. The summed E-state index contributed by atoms with van der Waals surface area (Å²) in [4.78, 5) is 12.5. The van der Waals surface area contributed by atoms with Crippen molar-refractivity contribution >= 4 is 28.5 Å². The highest BCUT2D eigenvalue weighted by atomic mass is 32.2. The van der Waals surface area contributed by atoms with Gasteiger partial charge in [-0.15, -0.1) is 0 Å². The molecule has 1 aromatic rings. The molecule has 108 valence electrons. The summed E-state index contributed by atoms with van der Waals surface area (Å²) in [5.74, 6) is -0.346. The number of nitrogens with zero attached hydrogens (tertiary/aromatic N) is 1. The van der Waals surface area contributed by atoms with Crippen molar-refractivity contribution in [2.45, 2.75) is 13.1 Å². The predicted molar refractivity (Wildman–Crippen MR) is 70.3 cm³/mol. The Hall–Kier alpha value is -1.70. The minimum Gasteiger partial charge on any atom is -0.494 e. The summed E-state index contributed by atoms with van der Waals surface area (Å²) in [6, 6.07) is 3.21. The number of hydrogen-bond acceptors (Lipinski definition) is 4. The van der Waals surface area contributed by atoms with Gasteiger partial charge in [-0.25, -0.2) is 0 Å². The first-order valence-corrected chi connectivity index (χ1v) is 6.71. The Morgan fingerprint density at radius 1 is 1.45 bits per heavy atom. The molecule has 0 saturated carbocycles. The lowest BCUT2D eigenvalue weighted by atomic mass is 10.1. The highest BCUT2D eigenvalue weighted by molar-refractivity contribution is 8.15. The molecule has 1 aromatic carbocycles. The smallest absolute Gasteiger partial charge is 0.418 e. The number of hydrogen-bond donors (Lipinski definition) is 1. The minimum atomic E-state index is -4.60. The van der Waals surface area contributed by atoms with E-state index in [9.17, 15) is 18.0 Å². The van der Waals surface area contributed by atoms with E-state index in [1.807, 2.05) is 0 Å². The molecule has 1 aliphatic heterocycles. The third-order valence-electron chi connectivity index (χ3n) is 2.61. The van der Waals surface area contributed by atoms with Crippen LogP contribution in [0.15, 0.2) is 18.2 Å². The maximum absolute atomic E-state index is 13.0. The lowest BCUT2D eigenvalue weighted by Crippen LogP contribution is -2.30. The Labute approximate surface area is 117 Å². The summed E-state index contributed by atoms with van der Waals surface area (Å²) in [5, 5.41) is 7.39. The zero-order valence-electron chi connectivity index (χ0n) is 10.5. The molecule has 0 atom stereocenters. The van der Waals surface area contributed by atoms with E-state index in [-0.39, 0.29) is 22.4 Å². The van der Waals surface area contributed by atoms with E-state index < -0.39 is 17.6 Å². The van der Waals surface area contributed by atoms with Crippen molar-refractivity contribution in [2.75, 3.05) is 17.3 Å². The lowest BCUT2D eigenvalue weighted by Gasteiger charge is -2.21. The molecule has 0 unspecified atom stereocenters. The third kappa shape index (κ3) is 2.74. The third-order valence-corrected chi connectivity index (χ3v) is 3.46. The van der Waals surface area contributed by atoms with Gasteiger partial charge in [0.05, 0.1) is 23.6 Å². The van der Waals surface area contributed by atoms with Crippen molar-refractivity contribution in [3.05, 3.63) is 23.8 Å². The molecule has 0 radical (unpaired) electrons.